The van der Waals surface area contributed by atoms with Crippen LogP contribution >= 0.6 is 11.3 Å². The van der Waals surface area contributed by atoms with Gasteiger partial charge in [-0.25, -0.2) is 14.8 Å². The summed E-state index contributed by atoms with van der Waals surface area (Å²) >= 11 is 1.79. The summed E-state index contributed by atoms with van der Waals surface area (Å²) < 4.78 is 0. The molecule has 0 saturated heterocycles. The predicted octanol–water partition coefficient (Wildman–Crippen LogP) is 5.99. The van der Waals surface area contributed by atoms with E-state index in [1.807, 2.05) is 25.1 Å². The number of nitrogens with zero attached hydrogens (tertiary/aromatic N) is 4. The average Bonchev–Trinajstić information content (AvgIpc) is 3.29. The molecular formula is C27H32N6OS. The van der Waals surface area contributed by atoms with Crippen LogP contribution in [-0.2, 0) is 6.54 Å². The number of carbonyl (C=O) groups is 1. The Labute approximate surface area is 210 Å². The maximum atomic E-state index is 12.1. The Morgan fingerprint density at radius 2 is 1.80 bits per heavy atom. The minimum atomic E-state index is -0.180. The first-order valence-corrected chi connectivity index (χ1v) is 12.4. The molecule has 1 atom stereocenters. The maximum Gasteiger partial charge on any atom is 0.321 e. The van der Waals surface area contributed by atoms with Gasteiger partial charge in [-0.05, 0) is 69.4 Å². The molecule has 35 heavy (non-hydrogen) atoms. The number of benzene rings is 2. The second-order valence-corrected chi connectivity index (χ2v) is 10.3. The number of rotatable bonds is 7. The third kappa shape index (κ3) is 5.78. The van der Waals surface area contributed by atoms with Crippen LogP contribution in [-0.4, -0.2) is 54.0 Å². The Balaban J connectivity index is 1.61. The highest BCUT2D eigenvalue weighted by atomic mass is 32.1. The van der Waals surface area contributed by atoms with Gasteiger partial charge in [0.1, 0.15) is 11.6 Å². The van der Waals surface area contributed by atoms with Gasteiger partial charge in [-0.1, -0.05) is 24.3 Å². The molecule has 2 N–H and O–H groups in total. The molecule has 182 valence electrons. The van der Waals surface area contributed by atoms with Crippen molar-refractivity contribution in [2.45, 2.75) is 26.4 Å². The number of nitrogens with one attached hydrogen (secondary N) is 2. The van der Waals surface area contributed by atoms with Crippen LogP contribution in [0.5, 0.6) is 0 Å². The van der Waals surface area contributed by atoms with Gasteiger partial charge >= 0.3 is 6.03 Å². The number of hydrogen-bond acceptors (Lipinski definition) is 6. The quantitative estimate of drug-likeness (QED) is 0.334. The van der Waals surface area contributed by atoms with E-state index in [0.29, 0.717) is 11.5 Å². The average molecular weight is 489 g/mol. The molecule has 2 amide bonds. The zero-order chi connectivity index (χ0) is 25.1. The van der Waals surface area contributed by atoms with Gasteiger partial charge in [0.2, 0.25) is 0 Å². The van der Waals surface area contributed by atoms with Crippen molar-refractivity contribution >= 4 is 39.8 Å². The lowest BCUT2D eigenvalue weighted by molar-refractivity contribution is 0.230. The van der Waals surface area contributed by atoms with Crippen LogP contribution in [0.15, 0.2) is 54.6 Å². The number of aromatic nitrogens is 2. The fraction of sp³-hybridized carbons (Fsp3) is 0.296. The summed E-state index contributed by atoms with van der Waals surface area (Å²) in [6, 6.07) is 18.5. The van der Waals surface area contributed by atoms with Crippen LogP contribution in [0.3, 0.4) is 0 Å². The van der Waals surface area contributed by atoms with Gasteiger partial charge in [0.25, 0.3) is 0 Å². The Kier molecular flexibility index (Phi) is 7.33. The Hall–Kier alpha value is -3.49. The van der Waals surface area contributed by atoms with E-state index in [9.17, 15) is 4.79 Å². The monoisotopic (exact) mass is 488 g/mol. The maximum absolute atomic E-state index is 12.1. The molecule has 2 aromatic heterocycles. The highest BCUT2D eigenvalue weighted by Gasteiger charge is 2.15. The van der Waals surface area contributed by atoms with Gasteiger partial charge in [-0.2, -0.15) is 0 Å². The van der Waals surface area contributed by atoms with Crippen molar-refractivity contribution in [3.05, 3.63) is 70.9 Å². The van der Waals surface area contributed by atoms with Crippen molar-refractivity contribution in [2.24, 2.45) is 0 Å². The molecule has 0 aliphatic carbocycles. The molecule has 4 rings (SSSR count). The molecule has 8 heteroatoms. The van der Waals surface area contributed by atoms with Gasteiger partial charge in [0.05, 0.1) is 11.6 Å². The lowest BCUT2D eigenvalue weighted by Crippen LogP contribution is -2.27. The predicted molar refractivity (Wildman–Crippen MR) is 146 cm³/mol. The topological polar surface area (TPSA) is 73.4 Å². The molecule has 2 heterocycles. The highest BCUT2D eigenvalue weighted by Crippen LogP contribution is 2.35. The minimum Gasteiger partial charge on any atom is -0.362 e. The normalized spacial score (nSPS) is 12.1. The first-order chi connectivity index (χ1) is 16.7. The molecule has 0 saturated carbocycles. The summed E-state index contributed by atoms with van der Waals surface area (Å²) in [6.07, 6.45) is 0. The zero-order valence-corrected chi connectivity index (χ0v) is 21.9. The van der Waals surface area contributed by atoms with Crippen molar-refractivity contribution in [1.29, 1.82) is 0 Å². The van der Waals surface area contributed by atoms with Crippen molar-refractivity contribution in [2.75, 3.05) is 38.8 Å². The van der Waals surface area contributed by atoms with Crippen LogP contribution < -0.4 is 10.6 Å². The molecule has 0 radical (unpaired) electrons. The zero-order valence-electron chi connectivity index (χ0n) is 21.1. The van der Waals surface area contributed by atoms with Crippen LogP contribution in [0.1, 0.15) is 29.2 Å². The van der Waals surface area contributed by atoms with Crippen molar-refractivity contribution < 1.29 is 4.79 Å². The number of urea groups is 1. The van der Waals surface area contributed by atoms with E-state index in [4.69, 9.17) is 0 Å². The number of fused-ring (bicyclic) bond motifs is 1. The van der Waals surface area contributed by atoms with Crippen molar-refractivity contribution in [3.63, 3.8) is 0 Å². The largest absolute Gasteiger partial charge is 0.362 e. The first-order valence-electron chi connectivity index (χ1n) is 11.6. The third-order valence-electron chi connectivity index (χ3n) is 5.64. The van der Waals surface area contributed by atoms with Gasteiger partial charge in [-0.15, -0.1) is 11.3 Å². The fourth-order valence-electron chi connectivity index (χ4n) is 3.91. The Bertz CT molecular complexity index is 1350. The summed E-state index contributed by atoms with van der Waals surface area (Å²) in [7, 11) is 7.61. The molecule has 7 nitrogen and oxygen atoms in total. The smallest absolute Gasteiger partial charge is 0.321 e. The van der Waals surface area contributed by atoms with Crippen LogP contribution in [0.4, 0.5) is 16.3 Å². The lowest BCUT2D eigenvalue weighted by Gasteiger charge is -2.17. The van der Waals surface area contributed by atoms with Crippen molar-refractivity contribution in [1.82, 2.24) is 19.8 Å². The number of thiophene rings is 1. The van der Waals surface area contributed by atoms with E-state index in [0.717, 1.165) is 23.3 Å². The molecule has 0 bridgehead atoms. The molecule has 4 aromatic rings. The summed E-state index contributed by atoms with van der Waals surface area (Å²) in [5.41, 5.74) is 4.13. The van der Waals surface area contributed by atoms with Crippen LogP contribution in [0.25, 0.3) is 21.3 Å². The number of hydrogen-bond donors (Lipinski definition) is 2. The molecule has 0 aliphatic heterocycles. The minimum absolute atomic E-state index is 0.0484. The number of aryl methyl sites for hydroxylation is 1. The molecule has 0 fully saturated rings. The second-order valence-electron chi connectivity index (χ2n) is 9.14. The highest BCUT2D eigenvalue weighted by molar-refractivity contribution is 7.15. The second kappa shape index (κ2) is 10.4. The Morgan fingerprint density at radius 1 is 1.03 bits per heavy atom. The third-order valence-corrected chi connectivity index (χ3v) is 6.94. The number of anilines is 2. The van der Waals surface area contributed by atoms with E-state index in [1.165, 1.54) is 25.8 Å². The first kappa shape index (κ1) is 24.6. The summed E-state index contributed by atoms with van der Waals surface area (Å²) in [5, 5.41) is 7.36. The van der Waals surface area contributed by atoms with E-state index in [2.05, 4.69) is 82.9 Å². The summed E-state index contributed by atoms with van der Waals surface area (Å²) in [5.74, 6) is 1.45. The number of carbonyl (C=O) groups excluding carboxylic acids is 1. The summed E-state index contributed by atoms with van der Waals surface area (Å²) in [4.78, 5) is 27.5. The molecule has 1 unspecified atom stereocenters. The van der Waals surface area contributed by atoms with Crippen LogP contribution in [0, 0.1) is 6.92 Å². The van der Waals surface area contributed by atoms with E-state index >= 15 is 0 Å². The molecule has 0 aliphatic rings. The van der Waals surface area contributed by atoms with E-state index in [1.54, 1.807) is 25.4 Å². The molecule has 0 spiro atoms. The van der Waals surface area contributed by atoms with Crippen molar-refractivity contribution in [3.8, 4) is 10.4 Å². The van der Waals surface area contributed by atoms with E-state index in [-0.39, 0.29) is 12.1 Å². The van der Waals surface area contributed by atoms with Gasteiger partial charge < -0.3 is 20.4 Å². The van der Waals surface area contributed by atoms with Gasteiger partial charge in [0, 0.05) is 41.5 Å². The van der Waals surface area contributed by atoms with Gasteiger partial charge in [0.15, 0.2) is 0 Å². The SMILES string of the molecule is Cc1nc(NC(C)c2ccc(-c3ccccc3CN(C)C)s2)c2cc(NC(=O)N(C)C)ccc2n1. The standard InChI is InChI=1S/C27H32N6OS/c1-17(24-13-14-25(35-24)21-10-8-7-9-19(21)16-32(3)4)28-26-22-15-20(31-27(34)33(5)6)11-12-23(22)29-18(2)30-26/h7-15,17H,16H2,1-6H3,(H,31,34)(H,28,29,30). The van der Waals surface area contributed by atoms with E-state index < -0.39 is 0 Å². The Morgan fingerprint density at radius 3 is 2.54 bits per heavy atom. The lowest BCUT2D eigenvalue weighted by atomic mass is 10.1. The van der Waals surface area contributed by atoms with Gasteiger partial charge in [-0.3, -0.25) is 0 Å². The summed E-state index contributed by atoms with van der Waals surface area (Å²) in [6.45, 7) is 4.93. The fourth-order valence-corrected chi connectivity index (χ4v) is 4.98. The number of amides is 2. The van der Waals surface area contributed by atoms with Crippen LogP contribution in [0.2, 0.25) is 0 Å². The molecular weight excluding hydrogens is 456 g/mol. The molecule has 2 aromatic carbocycles.